The lowest BCUT2D eigenvalue weighted by Crippen LogP contribution is -2.46. The van der Waals surface area contributed by atoms with Crippen molar-refractivity contribution >= 4 is 30.7 Å². The van der Waals surface area contributed by atoms with Gasteiger partial charge in [-0.15, -0.1) is 24.8 Å². The Bertz CT molecular complexity index is 281. The first kappa shape index (κ1) is 19.9. The third-order valence-corrected chi connectivity index (χ3v) is 3.77. The fraction of sp³-hybridized carbons (Fsp3) is 0.923. The molecule has 1 aliphatic carbocycles. The van der Waals surface area contributed by atoms with Crippen LogP contribution >= 0.6 is 24.8 Å². The Balaban J connectivity index is 0.00000180. The predicted molar refractivity (Wildman–Crippen MR) is 84.9 cm³/mol. The quantitative estimate of drug-likeness (QED) is 0.752. The molecule has 1 aliphatic heterocycles. The Kier molecular flexibility index (Phi) is 9.76. The van der Waals surface area contributed by atoms with E-state index in [1.165, 1.54) is 12.8 Å². The van der Waals surface area contributed by atoms with E-state index in [1.807, 2.05) is 0 Å². The first-order valence-electron chi connectivity index (χ1n) is 6.91. The lowest BCUT2D eigenvalue weighted by molar-refractivity contribution is -0.122. The van der Waals surface area contributed by atoms with Crippen molar-refractivity contribution in [2.75, 3.05) is 40.4 Å². The van der Waals surface area contributed by atoms with Crippen LogP contribution in [0.3, 0.4) is 0 Å². The van der Waals surface area contributed by atoms with Crippen molar-refractivity contribution in [1.29, 1.82) is 0 Å². The first-order valence-corrected chi connectivity index (χ1v) is 6.91. The van der Waals surface area contributed by atoms with Crippen LogP contribution < -0.4 is 10.6 Å². The summed E-state index contributed by atoms with van der Waals surface area (Å²) in [7, 11) is 4.18. The third kappa shape index (κ3) is 6.59. The van der Waals surface area contributed by atoms with E-state index >= 15 is 0 Å². The van der Waals surface area contributed by atoms with Crippen LogP contribution in [0.2, 0.25) is 0 Å². The van der Waals surface area contributed by atoms with Crippen molar-refractivity contribution in [3.8, 4) is 0 Å². The van der Waals surface area contributed by atoms with Crippen LogP contribution in [0.5, 0.6) is 0 Å². The van der Waals surface area contributed by atoms with Crippen molar-refractivity contribution in [1.82, 2.24) is 15.5 Å². The standard InChI is InChI=1S/C13H25N3O2.2ClH/c1-16(2)12(10-3-4-10)8-15-13(17)7-11-9-18-6-5-14-11;;/h10-12,14H,3-9H2,1-2H3,(H,15,17);2*1H. The van der Waals surface area contributed by atoms with Crippen LogP contribution in [-0.2, 0) is 9.53 Å². The summed E-state index contributed by atoms with van der Waals surface area (Å²) in [5, 5.41) is 6.36. The maximum atomic E-state index is 11.9. The molecule has 1 amide bonds. The average molecular weight is 328 g/mol. The van der Waals surface area contributed by atoms with Gasteiger partial charge in [-0.25, -0.2) is 0 Å². The molecule has 2 aliphatic rings. The molecule has 2 fully saturated rings. The van der Waals surface area contributed by atoms with E-state index in [1.54, 1.807) is 0 Å². The summed E-state index contributed by atoms with van der Waals surface area (Å²) >= 11 is 0. The highest BCUT2D eigenvalue weighted by atomic mass is 35.5. The molecule has 2 rings (SSSR count). The molecule has 120 valence electrons. The number of halogens is 2. The molecule has 0 aromatic rings. The number of rotatable bonds is 6. The smallest absolute Gasteiger partial charge is 0.221 e. The zero-order valence-electron chi connectivity index (χ0n) is 12.3. The number of morpholine rings is 1. The number of hydrogen-bond acceptors (Lipinski definition) is 4. The first-order chi connectivity index (χ1) is 8.66. The van der Waals surface area contributed by atoms with Gasteiger partial charge < -0.3 is 20.3 Å². The minimum atomic E-state index is 0. The second kappa shape index (κ2) is 9.79. The SMILES string of the molecule is CN(C)C(CNC(=O)CC1COCCN1)C1CC1.Cl.Cl. The highest BCUT2D eigenvalue weighted by Crippen LogP contribution is 2.34. The Hall–Kier alpha value is -0.0700. The molecule has 1 saturated heterocycles. The van der Waals surface area contributed by atoms with Gasteiger partial charge in [0.05, 0.1) is 13.2 Å². The van der Waals surface area contributed by atoms with Gasteiger partial charge in [0.2, 0.25) is 5.91 Å². The summed E-state index contributed by atoms with van der Waals surface area (Å²) in [4.78, 5) is 14.1. The molecule has 20 heavy (non-hydrogen) atoms. The van der Waals surface area contributed by atoms with E-state index in [-0.39, 0.29) is 36.8 Å². The molecule has 2 unspecified atom stereocenters. The average Bonchev–Trinajstić information content (AvgIpc) is 3.14. The van der Waals surface area contributed by atoms with Crippen LogP contribution in [-0.4, -0.2) is 63.3 Å². The fourth-order valence-corrected chi connectivity index (χ4v) is 2.52. The molecule has 5 nitrogen and oxygen atoms in total. The van der Waals surface area contributed by atoms with Gasteiger partial charge in [0.25, 0.3) is 0 Å². The van der Waals surface area contributed by atoms with E-state index in [0.29, 0.717) is 19.1 Å². The Labute approximate surface area is 134 Å². The number of likely N-dealkylation sites (N-methyl/N-ethyl adjacent to an activating group) is 1. The molecular formula is C13H27Cl2N3O2. The van der Waals surface area contributed by atoms with Crippen LogP contribution in [0.25, 0.3) is 0 Å². The third-order valence-electron chi connectivity index (χ3n) is 3.77. The number of carbonyl (C=O) groups is 1. The number of ether oxygens (including phenoxy) is 1. The minimum Gasteiger partial charge on any atom is -0.378 e. The monoisotopic (exact) mass is 327 g/mol. The maximum absolute atomic E-state index is 11.9. The Morgan fingerprint density at radius 1 is 1.40 bits per heavy atom. The molecule has 1 saturated carbocycles. The van der Waals surface area contributed by atoms with Gasteiger partial charge in [-0.1, -0.05) is 0 Å². The van der Waals surface area contributed by atoms with Crippen molar-refractivity contribution in [2.45, 2.75) is 31.3 Å². The minimum absolute atomic E-state index is 0. The summed E-state index contributed by atoms with van der Waals surface area (Å²) in [5.41, 5.74) is 0. The van der Waals surface area contributed by atoms with Crippen LogP contribution in [0.1, 0.15) is 19.3 Å². The molecule has 2 N–H and O–H groups in total. The zero-order chi connectivity index (χ0) is 13.0. The van der Waals surface area contributed by atoms with Crippen molar-refractivity contribution in [3.05, 3.63) is 0 Å². The largest absolute Gasteiger partial charge is 0.378 e. The number of nitrogens with zero attached hydrogens (tertiary/aromatic N) is 1. The fourth-order valence-electron chi connectivity index (χ4n) is 2.52. The molecule has 0 aromatic carbocycles. The maximum Gasteiger partial charge on any atom is 0.221 e. The number of carbonyl (C=O) groups excluding carboxylic acids is 1. The summed E-state index contributed by atoms with van der Waals surface area (Å²) < 4.78 is 5.34. The highest BCUT2D eigenvalue weighted by molar-refractivity contribution is 5.85. The summed E-state index contributed by atoms with van der Waals surface area (Å²) in [5.74, 6) is 0.905. The van der Waals surface area contributed by atoms with Gasteiger partial charge in [0.15, 0.2) is 0 Å². The Morgan fingerprint density at radius 3 is 2.60 bits per heavy atom. The highest BCUT2D eigenvalue weighted by Gasteiger charge is 2.32. The molecule has 1 heterocycles. The molecule has 0 bridgehead atoms. The second-order valence-corrected chi connectivity index (χ2v) is 5.60. The topological polar surface area (TPSA) is 53.6 Å². The summed E-state index contributed by atoms with van der Waals surface area (Å²) in [6.07, 6.45) is 3.12. The van der Waals surface area contributed by atoms with E-state index in [2.05, 4.69) is 29.6 Å². The molecule has 0 radical (unpaired) electrons. The lowest BCUT2D eigenvalue weighted by Gasteiger charge is -2.26. The normalized spacial score (nSPS) is 23.4. The van der Waals surface area contributed by atoms with E-state index < -0.39 is 0 Å². The molecule has 7 heteroatoms. The van der Waals surface area contributed by atoms with Gasteiger partial charge in [-0.2, -0.15) is 0 Å². The number of hydrogen-bond donors (Lipinski definition) is 2. The van der Waals surface area contributed by atoms with Crippen LogP contribution in [0.4, 0.5) is 0 Å². The van der Waals surface area contributed by atoms with Gasteiger partial charge in [0.1, 0.15) is 0 Å². The van der Waals surface area contributed by atoms with Crippen molar-refractivity contribution < 1.29 is 9.53 Å². The van der Waals surface area contributed by atoms with E-state index in [4.69, 9.17) is 4.74 Å². The second-order valence-electron chi connectivity index (χ2n) is 5.60. The van der Waals surface area contributed by atoms with Gasteiger partial charge in [-0.3, -0.25) is 4.79 Å². The Morgan fingerprint density at radius 2 is 2.10 bits per heavy atom. The van der Waals surface area contributed by atoms with E-state index in [0.717, 1.165) is 25.6 Å². The molecule has 2 atom stereocenters. The zero-order valence-corrected chi connectivity index (χ0v) is 13.9. The predicted octanol–water partition coefficient (Wildman–Crippen LogP) is 0.665. The summed E-state index contributed by atoms with van der Waals surface area (Å²) in [6, 6.07) is 0.669. The van der Waals surface area contributed by atoms with Gasteiger partial charge in [0, 0.05) is 31.6 Å². The number of nitrogens with one attached hydrogen (secondary N) is 2. The molecule has 0 spiro atoms. The number of amides is 1. The van der Waals surface area contributed by atoms with Crippen LogP contribution in [0, 0.1) is 5.92 Å². The van der Waals surface area contributed by atoms with Crippen molar-refractivity contribution in [2.24, 2.45) is 5.92 Å². The summed E-state index contributed by atoms with van der Waals surface area (Å²) in [6.45, 7) is 3.01. The van der Waals surface area contributed by atoms with E-state index in [9.17, 15) is 4.79 Å². The van der Waals surface area contributed by atoms with Gasteiger partial charge >= 0.3 is 0 Å². The molecular weight excluding hydrogens is 301 g/mol. The lowest BCUT2D eigenvalue weighted by atomic mass is 10.1. The molecule has 0 aromatic heterocycles. The van der Waals surface area contributed by atoms with Crippen molar-refractivity contribution in [3.63, 3.8) is 0 Å². The van der Waals surface area contributed by atoms with Gasteiger partial charge in [-0.05, 0) is 32.9 Å². The van der Waals surface area contributed by atoms with Crippen LogP contribution in [0.15, 0.2) is 0 Å².